The largest absolute Gasteiger partial charge is 0.504 e. The Bertz CT molecular complexity index is 1270. The van der Waals surface area contributed by atoms with Crippen molar-refractivity contribution in [3.05, 3.63) is 83.9 Å². The summed E-state index contributed by atoms with van der Waals surface area (Å²) in [6.45, 7) is 9.92. The van der Waals surface area contributed by atoms with Gasteiger partial charge in [-0.25, -0.2) is 4.79 Å². The van der Waals surface area contributed by atoms with Crippen LogP contribution < -0.4 is 14.8 Å². The van der Waals surface area contributed by atoms with Gasteiger partial charge < -0.3 is 19.9 Å². The predicted octanol–water partition coefficient (Wildman–Crippen LogP) is 5.52. The van der Waals surface area contributed by atoms with Crippen LogP contribution in [0.2, 0.25) is 0 Å². The third kappa shape index (κ3) is 6.89. The van der Waals surface area contributed by atoms with E-state index in [1.165, 1.54) is 17.0 Å². The second-order valence-corrected chi connectivity index (χ2v) is 10.2. The molecule has 1 aliphatic rings. The van der Waals surface area contributed by atoms with Crippen LogP contribution in [-0.2, 0) is 11.2 Å². The molecule has 0 fully saturated rings. The molecule has 3 aromatic carbocycles. The molecule has 8 heteroatoms. The summed E-state index contributed by atoms with van der Waals surface area (Å²) in [6, 6.07) is 21.1. The third-order valence-corrected chi connectivity index (χ3v) is 6.86. The van der Waals surface area contributed by atoms with E-state index in [-0.39, 0.29) is 24.0 Å². The fourth-order valence-electron chi connectivity index (χ4n) is 4.98. The maximum atomic E-state index is 13.6. The molecule has 0 aliphatic carbocycles. The zero-order valence-electron chi connectivity index (χ0n) is 23.0. The highest BCUT2D eigenvalue weighted by Gasteiger charge is 2.37. The summed E-state index contributed by atoms with van der Waals surface area (Å²) in [5.41, 5.74) is 1.65. The van der Waals surface area contributed by atoms with Crippen molar-refractivity contribution in [1.82, 2.24) is 15.1 Å². The standard InChI is InChI=1S/C31H37N3O5/c1-21(2)33(22(3)4)19-17-32-30(36)29-26-15-14-25(38-24-10-6-5-7-11-24)20-23(26)16-18-34(29)31(37)39-28-13-9-8-12-27(28)35/h5-15,20-22,29,35H,16-19H2,1-4H3,(H,32,36). The molecule has 0 spiro atoms. The van der Waals surface area contributed by atoms with Gasteiger partial charge >= 0.3 is 6.09 Å². The predicted molar refractivity (Wildman–Crippen MR) is 150 cm³/mol. The summed E-state index contributed by atoms with van der Waals surface area (Å²) in [4.78, 5) is 30.6. The van der Waals surface area contributed by atoms with Crippen LogP contribution in [0.1, 0.15) is 44.9 Å². The molecule has 2 N–H and O–H groups in total. The number of nitrogens with one attached hydrogen (secondary N) is 1. The molecule has 3 aromatic rings. The number of nitrogens with zero attached hydrogens (tertiary/aromatic N) is 2. The molecule has 4 rings (SSSR count). The Labute approximate surface area is 230 Å². The van der Waals surface area contributed by atoms with E-state index in [0.29, 0.717) is 37.3 Å². The molecular weight excluding hydrogens is 494 g/mol. The molecule has 8 nitrogen and oxygen atoms in total. The van der Waals surface area contributed by atoms with Crippen molar-refractivity contribution in [2.45, 2.75) is 52.2 Å². The van der Waals surface area contributed by atoms with Gasteiger partial charge in [0.05, 0.1) is 0 Å². The molecule has 0 saturated carbocycles. The molecule has 0 aromatic heterocycles. The van der Waals surface area contributed by atoms with Gasteiger partial charge in [0.2, 0.25) is 5.91 Å². The molecule has 1 aliphatic heterocycles. The van der Waals surface area contributed by atoms with Crippen LogP contribution in [-0.4, -0.2) is 58.6 Å². The minimum atomic E-state index is -0.885. The van der Waals surface area contributed by atoms with Gasteiger partial charge in [0, 0.05) is 31.7 Å². The summed E-state index contributed by atoms with van der Waals surface area (Å²) in [6.07, 6.45) is -0.173. The number of benzene rings is 3. The fraction of sp³-hybridized carbons (Fsp3) is 0.355. The molecule has 0 radical (unpaired) electrons. The number of phenols is 1. The quantitative estimate of drug-likeness (QED) is 0.378. The molecule has 206 valence electrons. The van der Waals surface area contributed by atoms with Gasteiger partial charge in [-0.1, -0.05) is 36.4 Å². The van der Waals surface area contributed by atoms with Crippen molar-refractivity contribution < 1.29 is 24.2 Å². The lowest BCUT2D eigenvalue weighted by Gasteiger charge is -2.36. The number of amides is 2. The topological polar surface area (TPSA) is 91.3 Å². The monoisotopic (exact) mass is 531 g/mol. The molecular formula is C31H37N3O5. The number of fused-ring (bicyclic) bond motifs is 1. The van der Waals surface area contributed by atoms with Crippen molar-refractivity contribution in [3.8, 4) is 23.0 Å². The molecule has 1 atom stereocenters. The number of hydrogen-bond donors (Lipinski definition) is 2. The number of rotatable bonds is 9. The van der Waals surface area contributed by atoms with E-state index in [0.717, 1.165) is 16.9 Å². The Morgan fingerprint density at radius 1 is 0.974 bits per heavy atom. The van der Waals surface area contributed by atoms with E-state index in [1.807, 2.05) is 48.5 Å². The van der Waals surface area contributed by atoms with Gasteiger partial charge in [-0.2, -0.15) is 0 Å². The van der Waals surface area contributed by atoms with Crippen LogP contribution in [0.15, 0.2) is 72.8 Å². The zero-order valence-corrected chi connectivity index (χ0v) is 23.0. The van der Waals surface area contributed by atoms with E-state index >= 15 is 0 Å². The lowest BCUT2D eigenvalue weighted by Crippen LogP contribution is -2.49. The highest BCUT2D eigenvalue weighted by Crippen LogP contribution is 2.35. The lowest BCUT2D eigenvalue weighted by atomic mass is 9.92. The van der Waals surface area contributed by atoms with E-state index in [2.05, 4.69) is 37.9 Å². The van der Waals surface area contributed by atoms with Crippen LogP contribution in [0.3, 0.4) is 0 Å². The molecule has 39 heavy (non-hydrogen) atoms. The maximum Gasteiger partial charge on any atom is 0.416 e. The van der Waals surface area contributed by atoms with E-state index < -0.39 is 12.1 Å². The number of aromatic hydroxyl groups is 1. The molecule has 0 bridgehead atoms. The van der Waals surface area contributed by atoms with Crippen molar-refractivity contribution >= 4 is 12.0 Å². The van der Waals surface area contributed by atoms with Crippen molar-refractivity contribution in [2.24, 2.45) is 0 Å². The summed E-state index contributed by atoms with van der Waals surface area (Å²) in [5.74, 6) is 0.997. The molecule has 2 amide bonds. The van der Waals surface area contributed by atoms with Crippen LogP contribution in [0.5, 0.6) is 23.0 Å². The first-order chi connectivity index (χ1) is 18.7. The minimum absolute atomic E-state index is 0.0450. The lowest BCUT2D eigenvalue weighted by molar-refractivity contribution is -0.126. The van der Waals surface area contributed by atoms with E-state index in [9.17, 15) is 14.7 Å². The fourth-order valence-corrected chi connectivity index (χ4v) is 4.98. The summed E-state index contributed by atoms with van der Waals surface area (Å²) >= 11 is 0. The van der Waals surface area contributed by atoms with Crippen LogP contribution in [0, 0.1) is 0 Å². The normalized spacial score (nSPS) is 14.8. The maximum absolute atomic E-state index is 13.6. The molecule has 0 saturated heterocycles. The van der Waals surface area contributed by atoms with Crippen molar-refractivity contribution in [2.75, 3.05) is 19.6 Å². The second kappa shape index (κ2) is 12.7. The summed E-state index contributed by atoms with van der Waals surface area (Å²) < 4.78 is 11.5. The Kier molecular flexibility index (Phi) is 9.09. The van der Waals surface area contributed by atoms with E-state index in [1.54, 1.807) is 12.1 Å². The third-order valence-electron chi connectivity index (χ3n) is 6.86. The average Bonchev–Trinajstić information content (AvgIpc) is 2.91. The number of hydrogen-bond acceptors (Lipinski definition) is 6. The highest BCUT2D eigenvalue weighted by molar-refractivity contribution is 5.88. The SMILES string of the molecule is CC(C)N(CCNC(=O)C1c2ccc(Oc3ccccc3)cc2CCN1C(=O)Oc1ccccc1O)C(C)C. The van der Waals surface area contributed by atoms with Crippen LogP contribution >= 0.6 is 0 Å². The molecule has 1 heterocycles. The first-order valence-corrected chi connectivity index (χ1v) is 13.4. The van der Waals surface area contributed by atoms with E-state index in [4.69, 9.17) is 9.47 Å². The van der Waals surface area contributed by atoms with Gasteiger partial charge in [0.15, 0.2) is 11.5 Å². The molecule has 1 unspecified atom stereocenters. The van der Waals surface area contributed by atoms with Gasteiger partial charge in [-0.3, -0.25) is 14.6 Å². The second-order valence-electron chi connectivity index (χ2n) is 10.2. The Morgan fingerprint density at radius 2 is 1.67 bits per heavy atom. The average molecular weight is 532 g/mol. The van der Waals surface area contributed by atoms with Gasteiger partial charge in [-0.15, -0.1) is 0 Å². The van der Waals surface area contributed by atoms with Crippen LogP contribution in [0.4, 0.5) is 4.79 Å². The van der Waals surface area contributed by atoms with Crippen LogP contribution in [0.25, 0.3) is 0 Å². The first-order valence-electron chi connectivity index (χ1n) is 13.4. The van der Waals surface area contributed by atoms with Gasteiger partial charge in [-0.05, 0) is 81.6 Å². The number of para-hydroxylation sites is 3. The Balaban J connectivity index is 1.57. The van der Waals surface area contributed by atoms with Gasteiger partial charge in [0.25, 0.3) is 0 Å². The Hall–Kier alpha value is -4.04. The first kappa shape index (κ1) is 28.0. The smallest absolute Gasteiger partial charge is 0.416 e. The number of ether oxygens (including phenoxy) is 2. The number of carbonyl (C=O) groups excluding carboxylic acids is 2. The number of phenolic OH excluding ortho intramolecular Hbond substituents is 1. The minimum Gasteiger partial charge on any atom is -0.504 e. The zero-order chi connectivity index (χ0) is 27.9. The number of carbonyl (C=O) groups is 2. The van der Waals surface area contributed by atoms with Crippen molar-refractivity contribution in [1.29, 1.82) is 0 Å². The summed E-state index contributed by atoms with van der Waals surface area (Å²) in [7, 11) is 0. The highest BCUT2D eigenvalue weighted by atomic mass is 16.6. The van der Waals surface area contributed by atoms with Gasteiger partial charge in [0.1, 0.15) is 17.5 Å². The Morgan fingerprint density at radius 3 is 2.36 bits per heavy atom. The summed E-state index contributed by atoms with van der Waals surface area (Å²) in [5, 5.41) is 13.1. The van der Waals surface area contributed by atoms with Crippen molar-refractivity contribution in [3.63, 3.8) is 0 Å².